The lowest BCUT2D eigenvalue weighted by molar-refractivity contribution is -0.384. The van der Waals surface area contributed by atoms with E-state index in [1.165, 1.54) is 24.3 Å². The summed E-state index contributed by atoms with van der Waals surface area (Å²) in [5.41, 5.74) is 0.584. The summed E-state index contributed by atoms with van der Waals surface area (Å²) in [6.07, 6.45) is 2.65. The van der Waals surface area contributed by atoms with Gasteiger partial charge in [0.15, 0.2) is 0 Å². The first-order valence-corrected chi connectivity index (χ1v) is 11.5. The van der Waals surface area contributed by atoms with E-state index in [4.69, 9.17) is 9.47 Å². The smallest absolute Gasteiger partial charge is 0.338 e. The molecule has 1 saturated carbocycles. The fourth-order valence-corrected chi connectivity index (χ4v) is 4.62. The predicted octanol–water partition coefficient (Wildman–Crippen LogP) is 5.99. The highest BCUT2D eigenvalue weighted by Gasteiger charge is 2.42. The summed E-state index contributed by atoms with van der Waals surface area (Å²) in [5, 5.41) is 13.0. The van der Waals surface area contributed by atoms with Gasteiger partial charge in [-0.2, -0.15) is 0 Å². The fraction of sp³-hybridized carbons (Fsp3) is 0.333. The molecule has 1 fully saturated rings. The Balaban J connectivity index is 1.34. The second-order valence-corrected chi connectivity index (χ2v) is 8.76. The van der Waals surface area contributed by atoms with E-state index in [0.29, 0.717) is 32.1 Å². The van der Waals surface area contributed by atoms with Gasteiger partial charge in [-0.25, -0.2) is 4.79 Å². The molecule has 0 aliphatic heterocycles. The van der Waals surface area contributed by atoms with Crippen molar-refractivity contribution in [3.05, 3.63) is 88.0 Å². The molecule has 4 rings (SSSR count). The van der Waals surface area contributed by atoms with E-state index in [1.807, 2.05) is 49.4 Å². The van der Waals surface area contributed by atoms with Gasteiger partial charge in [0.25, 0.3) is 5.69 Å². The summed E-state index contributed by atoms with van der Waals surface area (Å²) >= 11 is 0. The van der Waals surface area contributed by atoms with Crippen LogP contribution in [0.5, 0.6) is 0 Å². The van der Waals surface area contributed by atoms with Crippen LogP contribution in [0.15, 0.2) is 66.7 Å². The topological polar surface area (TPSA) is 95.7 Å². The van der Waals surface area contributed by atoms with Gasteiger partial charge in [0.1, 0.15) is 12.7 Å². The number of benzene rings is 3. The number of hydrogen-bond acceptors (Lipinski definition) is 6. The van der Waals surface area contributed by atoms with Gasteiger partial charge in [0.05, 0.1) is 15.9 Å². The third kappa shape index (κ3) is 4.93. The molecule has 176 valence electrons. The van der Waals surface area contributed by atoms with Crippen molar-refractivity contribution in [2.24, 2.45) is 5.41 Å². The Bertz CT molecular complexity index is 1190. The molecular weight excluding hydrogens is 434 g/mol. The Morgan fingerprint density at radius 3 is 2.35 bits per heavy atom. The number of nitrogens with zero attached hydrogens (tertiary/aromatic N) is 1. The molecule has 0 bridgehead atoms. The van der Waals surface area contributed by atoms with Crippen molar-refractivity contribution < 1.29 is 24.0 Å². The van der Waals surface area contributed by atoms with Gasteiger partial charge in [0, 0.05) is 12.1 Å². The molecule has 1 aliphatic carbocycles. The fourth-order valence-electron chi connectivity index (χ4n) is 4.62. The Hall–Kier alpha value is -3.74. The first-order chi connectivity index (χ1) is 16.4. The summed E-state index contributed by atoms with van der Waals surface area (Å²) in [6.45, 7) is 2.21. The Labute approximate surface area is 197 Å². The van der Waals surface area contributed by atoms with Crippen LogP contribution >= 0.6 is 0 Å². The SMILES string of the molecule is CCC1(C(=O)OCc2cccc3ccccc23)CCC(OC(=O)c2ccc([N+](=O)[O-])cc2)CC1. The van der Waals surface area contributed by atoms with E-state index < -0.39 is 16.3 Å². The van der Waals surface area contributed by atoms with Crippen LogP contribution in [0.1, 0.15) is 54.9 Å². The van der Waals surface area contributed by atoms with Crippen molar-refractivity contribution in [1.82, 2.24) is 0 Å². The number of carbonyl (C=O) groups is 2. The minimum Gasteiger partial charge on any atom is -0.460 e. The van der Waals surface area contributed by atoms with E-state index >= 15 is 0 Å². The van der Waals surface area contributed by atoms with Crippen molar-refractivity contribution in [3.63, 3.8) is 0 Å². The first-order valence-electron chi connectivity index (χ1n) is 11.5. The summed E-state index contributed by atoms with van der Waals surface area (Å²) in [5.74, 6) is -0.717. The molecule has 0 heterocycles. The molecule has 0 aromatic heterocycles. The van der Waals surface area contributed by atoms with Gasteiger partial charge in [-0.15, -0.1) is 0 Å². The van der Waals surface area contributed by atoms with Crippen molar-refractivity contribution >= 4 is 28.4 Å². The van der Waals surface area contributed by atoms with E-state index in [0.717, 1.165) is 16.3 Å². The maximum absolute atomic E-state index is 13.1. The molecule has 7 nitrogen and oxygen atoms in total. The zero-order valence-corrected chi connectivity index (χ0v) is 19.1. The minimum absolute atomic E-state index is 0.0797. The molecular formula is C27H27NO6. The van der Waals surface area contributed by atoms with Gasteiger partial charge >= 0.3 is 11.9 Å². The van der Waals surface area contributed by atoms with Crippen LogP contribution in [0.3, 0.4) is 0 Å². The third-order valence-corrected chi connectivity index (χ3v) is 6.83. The van der Waals surface area contributed by atoms with Gasteiger partial charge in [0.2, 0.25) is 0 Å². The molecule has 0 atom stereocenters. The van der Waals surface area contributed by atoms with Crippen LogP contribution in [-0.2, 0) is 20.9 Å². The molecule has 0 spiro atoms. The largest absolute Gasteiger partial charge is 0.460 e. The van der Waals surface area contributed by atoms with Crippen LogP contribution in [0.25, 0.3) is 10.8 Å². The monoisotopic (exact) mass is 461 g/mol. The Kier molecular flexibility index (Phi) is 6.91. The van der Waals surface area contributed by atoms with Crippen LogP contribution < -0.4 is 0 Å². The van der Waals surface area contributed by atoms with Crippen molar-refractivity contribution in [1.29, 1.82) is 0 Å². The van der Waals surface area contributed by atoms with Gasteiger partial charge < -0.3 is 9.47 Å². The molecule has 3 aromatic carbocycles. The predicted molar refractivity (Wildman–Crippen MR) is 127 cm³/mol. The number of carbonyl (C=O) groups excluding carboxylic acids is 2. The lowest BCUT2D eigenvalue weighted by Gasteiger charge is -2.37. The molecule has 0 N–H and O–H groups in total. The molecule has 34 heavy (non-hydrogen) atoms. The zero-order chi connectivity index (χ0) is 24.1. The molecule has 0 saturated heterocycles. The van der Waals surface area contributed by atoms with Gasteiger partial charge in [-0.05, 0) is 60.6 Å². The lowest BCUT2D eigenvalue weighted by atomic mass is 9.71. The second-order valence-electron chi connectivity index (χ2n) is 8.76. The zero-order valence-electron chi connectivity index (χ0n) is 19.1. The number of non-ortho nitro benzene ring substituents is 1. The molecule has 7 heteroatoms. The average Bonchev–Trinajstić information content (AvgIpc) is 2.87. The quantitative estimate of drug-likeness (QED) is 0.244. The molecule has 0 radical (unpaired) electrons. The third-order valence-electron chi connectivity index (χ3n) is 6.83. The van der Waals surface area contributed by atoms with Crippen molar-refractivity contribution in [2.45, 2.75) is 51.7 Å². The maximum atomic E-state index is 13.1. The van der Waals surface area contributed by atoms with Crippen LogP contribution in [0, 0.1) is 15.5 Å². The molecule has 1 aliphatic rings. The highest BCUT2D eigenvalue weighted by molar-refractivity contribution is 5.90. The highest BCUT2D eigenvalue weighted by atomic mass is 16.6. The molecule has 0 amide bonds. The molecule has 0 unspecified atom stereocenters. The highest BCUT2D eigenvalue weighted by Crippen LogP contribution is 2.41. The van der Waals surface area contributed by atoms with Gasteiger partial charge in [-0.1, -0.05) is 49.4 Å². The second kappa shape index (κ2) is 10.0. The van der Waals surface area contributed by atoms with Crippen molar-refractivity contribution in [2.75, 3.05) is 0 Å². The van der Waals surface area contributed by atoms with E-state index in [2.05, 4.69) is 0 Å². The van der Waals surface area contributed by atoms with Gasteiger partial charge in [-0.3, -0.25) is 14.9 Å². The Morgan fingerprint density at radius 2 is 1.68 bits per heavy atom. The van der Waals surface area contributed by atoms with Crippen LogP contribution in [0.4, 0.5) is 5.69 Å². The van der Waals surface area contributed by atoms with Crippen LogP contribution in [0.2, 0.25) is 0 Å². The number of fused-ring (bicyclic) bond motifs is 1. The number of nitro benzene ring substituents is 1. The summed E-state index contributed by atoms with van der Waals surface area (Å²) in [6, 6.07) is 19.3. The summed E-state index contributed by atoms with van der Waals surface area (Å²) < 4.78 is 11.4. The molecule has 3 aromatic rings. The van der Waals surface area contributed by atoms with Crippen molar-refractivity contribution in [3.8, 4) is 0 Å². The number of hydrogen-bond donors (Lipinski definition) is 0. The number of nitro groups is 1. The Morgan fingerprint density at radius 1 is 1.00 bits per heavy atom. The van der Waals surface area contributed by atoms with E-state index in [-0.39, 0.29) is 29.9 Å². The standard InChI is InChI=1S/C27H27NO6/c1-2-27(26(30)33-18-21-8-5-7-19-6-3-4-9-24(19)21)16-14-23(15-17-27)34-25(29)20-10-12-22(13-11-20)28(31)32/h3-13,23H,2,14-18H2,1H3. The maximum Gasteiger partial charge on any atom is 0.338 e. The minimum atomic E-state index is -0.582. The first kappa shape index (κ1) is 23.4. The normalized spacial score (nSPS) is 20.0. The number of rotatable bonds is 7. The summed E-state index contributed by atoms with van der Waals surface area (Å²) in [4.78, 5) is 35.8. The average molecular weight is 462 g/mol. The number of ether oxygens (including phenoxy) is 2. The lowest BCUT2D eigenvalue weighted by Crippen LogP contribution is -2.38. The number of esters is 2. The van der Waals surface area contributed by atoms with E-state index in [1.54, 1.807) is 0 Å². The summed E-state index contributed by atoms with van der Waals surface area (Å²) in [7, 11) is 0. The van der Waals surface area contributed by atoms with Crippen LogP contribution in [-0.4, -0.2) is 23.0 Å². The van der Waals surface area contributed by atoms with E-state index in [9.17, 15) is 19.7 Å².